The molecule has 0 saturated carbocycles. The number of hydrogen-bond donors (Lipinski definition) is 0. The molecule has 2 heteroatoms. The maximum atomic E-state index is 2.25. The summed E-state index contributed by atoms with van der Waals surface area (Å²) >= 11 is 3.67. The van der Waals surface area contributed by atoms with E-state index < -0.39 is 0 Å². The van der Waals surface area contributed by atoms with Crippen molar-refractivity contribution in [1.29, 1.82) is 0 Å². The summed E-state index contributed by atoms with van der Waals surface area (Å²) in [5, 5.41) is 0. The highest BCUT2D eigenvalue weighted by Crippen LogP contribution is 2.09. The third-order valence-electron chi connectivity index (χ3n) is 0.859. The Morgan fingerprint density at radius 1 is 1.50 bits per heavy atom. The van der Waals surface area contributed by atoms with E-state index in [2.05, 4.69) is 25.5 Å². The number of allylic oxidation sites excluding steroid dienone is 1. The molecule has 0 aromatic rings. The molecular weight excluding hydrogens is 136 g/mol. The van der Waals surface area contributed by atoms with Gasteiger partial charge >= 0.3 is 0 Å². The first kappa shape index (κ1) is 8.44. The van der Waals surface area contributed by atoms with Gasteiger partial charge in [-0.1, -0.05) is 6.08 Å². The number of hydrogen-bond acceptors (Lipinski definition) is 2. The van der Waals surface area contributed by atoms with E-state index in [1.165, 1.54) is 4.91 Å². The van der Waals surface area contributed by atoms with Gasteiger partial charge in [0.2, 0.25) is 0 Å². The second kappa shape index (κ2) is 5.57. The smallest absolute Gasteiger partial charge is 0.0121 e. The summed E-state index contributed by atoms with van der Waals surface area (Å²) in [7, 11) is 0. The lowest BCUT2D eigenvalue weighted by molar-refractivity contribution is 1.61. The van der Waals surface area contributed by atoms with Gasteiger partial charge in [-0.3, -0.25) is 0 Å². The molecule has 0 aliphatic rings. The molecule has 0 N–H and O–H groups in total. The zero-order chi connectivity index (χ0) is 6.41. The monoisotopic (exact) mass is 148 g/mol. The molecule has 0 aliphatic heterocycles. The Morgan fingerprint density at radius 2 is 2.12 bits per heavy atom. The zero-order valence-corrected chi connectivity index (χ0v) is 7.23. The van der Waals surface area contributed by atoms with Crippen LogP contribution in [-0.2, 0) is 0 Å². The molecule has 0 aliphatic carbocycles. The van der Waals surface area contributed by atoms with Crippen molar-refractivity contribution in [2.24, 2.45) is 0 Å². The number of rotatable bonds is 3. The Hall–Kier alpha value is 0.440. The van der Waals surface area contributed by atoms with E-state index in [4.69, 9.17) is 0 Å². The van der Waals surface area contributed by atoms with E-state index in [1.807, 2.05) is 23.5 Å². The molecule has 8 heavy (non-hydrogen) atoms. The van der Waals surface area contributed by atoms with Gasteiger partial charge in [-0.05, 0) is 24.3 Å². The highest BCUT2D eigenvalue weighted by Gasteiger charge is 1.80. The van der Waals surface area contributed by atoms with E-state index in [1.54, 1.807) is 0 Å². The van der Waals surface area contributed by atoms with Crippen molar-refractivity contribution in [2.75, 3.05) is 18.3 Å². The second-order valence-electron chi connectivity index (χ2n) is 1.47. The molecular formula is C6H12S2. The topological polar surface area (TPSA) is 0 Å². The average molecular weight is 148 g/mol. The first-order valence-electron chi connectivity index (χ1n) is 2.51. The summed E-state index contributed by atoms with van der Waals surface area (Å²) in [5.74, 6) is 1.15. The Kier molecular flexibility index (Phi) is 5.88. The fourth-order valence-corrected chi connectivity index (χ4v) is 1.06. The summed E-state index contributed by atoms with van der Waals surface area (Å²) in [6, 6.07) is 0. The normalized spacial score (nSPS) is 12.1. The van der Waals surface area contributed by atoms with Gasteiger partial charge in [-0.2, -0.15) is 11.8 Å². The van der Waals surface area contributed by atoms with Gasteiger partial charge in [0.15, 0.2) is 0 Å². The first-order valence-corrected chi connectivity index (χ1v) is 5.12. The number of thioether (sulfide) groups is 2. The van der Waals surface area contributed by atoms with Crippen molar-refractivity contribution in [1.82, 2.24) is 0 Å². The molecule has 0 bridgehead atoms. The summed E-state index contributed by atoms with van der Waals surface area (Å²) in [4.78, 5) is 1.42. The van der Waals surface area contributed by atoms with Crippen molar-refractivity contribution in [2.45, 2.75) is 6.92 Å². The molecule has 0 atom stereocenters. The minimum absolute atomic E-state index is 1.15. The van der Waals surface area contributed by atoms with Crippen LogP contribution in [-0.4, -0.2) is 18.3 Å². The SMILES string of the molecule is CSCC=C(C)SC. The second-order valence-corrected chi connectivity index (χ2v) is 3.44. The van der Waals surface area contributed by atoms with Crippen molar-refractivity contribution in [3.05, 3.63) is 11.0 Å². The summed E-state index contributed by atoms with van der Waals surface area (Å²) < 4.78 is 0. The van der Waals surface area contributed by atoms with Crippen molar-refractivity contribution in [3.8, 4) is 0 Å². The predicted molar refractivity (Wildman–Crippen MR) is 45.7 cm³/mol. The van der Waals surface area contributed by atoms with Crippen LogP contribution < -0.4 is 0 Å². The molecule has 0 amide bonds. The summed E-state index contributed by atoms with van der Waals surface area (Å²) in [6.07, 6.45) is 6.46. The highest BCUT2D eigenvalue weighted by atomic mass is 32.2. The van der Waals surface area contributed by atoms with Crippen LogP contribution in [0.2, 0.25) is 0 Å². The quantitative estimate of drug-likeness (QED) is 0.603. The van der Waals surface area contributed by atoms with Gasteiger partial charge in [0.05, 0.1) is 0 Å². The zero-order valence-electron chi connectivity index (χ0n) is 5.60. The molecule has 48 valence electrons. The lowest BCUT2D eigenvalue weighted by atomic mass is 10.6. The van der Waals surface area contributed by atoms with E-state index >= 15 is 0 Å². The lowest BCUT2D eigenvalue weighted by Crippen LogP contribution is -1.69. The van der Waals surface area contributed by atoms with Crippen molar-refractivity contribution >= 4 is 23.5 Å². The van der Waals surface area contributed by atoms with Crippen LogP contribution in [0.5, 0.6) is 0 Å². The predicted octanol–water partition coefficient (Wildman–Crippen LogP) is 2.62. The Bertz CT molecular complexity index is 76.6. The standard InChI is InChI=1S/C6H12S2/c1-6(8-3)4-5-7-2/h4H,5H2,1-3H3. The Balaban J connectivity index is 3.26. The van der Waals surface area contributed by atoms with Gasteiger partial charge < -0.3 is 0 Å². The van der Waals surface area contributed by atoms with Crippen molar-refractivity contribution < 1.29 is 0 Å². The molecule has 0 nitrogen and oxygen atoms in total. The summed E-state index contributed by atoms with van der Waals surface area (Å²) in [5.41, 5.74) is 0. The van der Waals surface area contributed by atoms with E-state index in [0.29, 0.717) is 0 Å². The molecule has 0 radical (unpaired) electrons. The minimum Gasteiger partial charge on any atom is -0.161 e. The minimum atomic E-state index is 1.15. The third kappa shape index (κ3) is 4.60. The van der Waals surface area contributed by atoms with Crippen LogP contribution in [0.1, 0.15) is 6.92 Å². The van der Waals surface area contributed by atoms with Gasteiger partial charge in [0.25, 0.3) is 0 Å². The van der Waals surface area contributed by atoms with Crippen molar-refractivity contribution in [3.63, 3.8) is 0 Å². The van der Waals surface area contributed by atoms with Crippen LogP contribution in [0.4, 0.5) is 0 Å². The van der Waals surface area contributed by atoms with Gasteiger partial charge in [-0.15, -0.1) is 11.8 Å². The van der Waals surface area contributed by atoms with Crippen LogP contribution in [0.3, 0.4) is 0 Å². The third-order valence-corrected chi connectivity index (χ3v) is 2.17. The summed E-state index contributed by atoms with van der Waals surface area (Å²) in [6.45, 7) is 2.14. The van der Waals surface area contributed by atoms with Crippen LogP contribution in [0, 0.1) is 0 Å². The molecule has 0 fully saturated rings. The van der Waals surface area contributed by atoms with Gasteiger partial charge in [0.1, 0.15) is 0 Å². The molecule has 0 aromatic carbocycles. The molecule has 0 saturated heterocycles. The van der Waals surface area contributed by atoms with Crippen LogP contribution >= 0.6 is 23.5 Å². The average Bonchev–Trinajstić information content (AvgIpc) is 1.83. The van der Waals surface area contributed by atoms with E-state index in [9.17, 15) is 0 Å². The first-order chi connectivity index (χ1) is 3.81. The Morgan fingerprint density at radius 3 is 2.50 bits per heavy atom. The van der Waals surface area contributed by atoms with Crippen LogP contribution in [0.25, 0.3) is 0 Å². The maximum Gasteiger partial charge on any atom is 0.0121 e. The van der Waals surface area contributed by atoms with Gasteiger partial charge in [0, 0.05) is 5.75 Å². The molecule has 0 unspecified atom stereocenters. The largest absolute Gasteiger partial charge is 0.161 e. The fraction of sp³-hybridized carbons (Fsp3) is 0.667. The van der Waals surface area contributed by atoms with Gasteiger partial charge in [-0.25, -0.2) is 0 Å². The molecule has 0 aromatic heterocycles. The fourth-order valence-electron chi connectivity index (χ4n) is 0.284. The van der Waals surface area contributed by atoms with E-state index in [-0.39, 0.29) is 0 Å². The lowest BCUT2D eigenvalue weighted by Gasteiger charge is -1.90. The van der Waals surface area contributed by atoms with E-state index in [0.717, 1.165) is 5.75 Å². The highest BCUT2D eigenvalue weighted by molar-refractivity contribution is 8.02. The maximum absolute atomic E-state index is 2.25. The molecule has 0 heterocycles. The molecule has 0 rings (SSSR count). The van der Waals surface area contributed by atoms with Crippen LogP contribution in [0.15, 0.2) is 11.0 Å². The molecule has 0 spiro atoms. The Labute approximate surface area is 60.1 Å².